The highest BCUT2D eigenvalue weighted by molar-refractivity contribution is 6.16. The van der Waals surface area contributed by atoms with E-state index in [-0.39, 0.29) is 23.0 Å². The molecule has 136 valence electrons. The van der Waals surface area contributed by atoms with Gasteiger partial charge in [-0.2, -0.15) is 0 Å². The van der Waals surface area contributed by atoms with Crippen LogP contribution in [0.15, 0.2) is 48.5 Å². The molecule has 0 aromatic heterocycles. The fourth-order valence-electron chi connectivity index (χ4n) is 2.77. The summed E-state index contributed by atoms with van der Waals surface area (Å²) >= 11 is 0. The Balaban J connectivity index is 1.67. The Bertz CT molecular complexity index is 817. The topological polar surface area (TPSA) is 58.2 Å². The third kappa shape index (κ3) is 3.77. The molecule has 0 heterocycles. The largest absolute Gasteiger partial charge is 0.325 e. The molecular weight excluding hydrogens is 331 g/mol. The molecule has 0 atom stereocenters. The molecule has 26 heavy (non-hydrogen) atoms. The van der Waals surface area contributed by atoms with Gasteiger partial charge in [0.2, 0.25) is 11.8 Å². The maximum atomic E-state index is 13.0. The van der Waals surface area contributed by atoms with Crippen LogP contribution in [0.1, 0.15) is 39.2 Å². The normalized spacial score (nSPS) is 15.2. The second-order valence-electron chi connectivity index (χ2n) is 7.82. The van der Waals surface area contributed by atoms with E-state index in [0.717, 1.165) is 0 Å². The zero-order chi connectivity index (χ0) is 18.9. The molecule has 2 aromatic carbocycles. The lowest BCUT2D eigenvalue weighted by atomic mass is 9.87. The first kappa shape index (κ1) is 18.1. The van der Waals surface area contributed by atoms with Gasteiger partial charge in [0.1, 0.15) is 11.2 Å². The molecule has 0 radical (unpaired) electrons. The molecule has 0 aliphatic heterocycles. The number of hydrogen-bond acceptors (Lipinski definition) is 2. The fraction of sp³-hybridized carbons (Fsp3) is 0.333. The van der Waals surface area contributed by atoms with Gasteiger partial charge in [-0.1, -0.05) is 32.9 Å². The van der Waals surface area contributed by atoms with Crippen LogP contribution in [0, 0.1) is 11.2 Å². The van der Waals surface area contributed by atoms with E-state index in [2.05, 4.69) is 31.4 Å². The van der Waals surface area contributed by atoms with E-state index in [1.807, 2.05) is 24.3 Å². The van der Waals surface area contributed by atoms with Gasteiger partial charge in [0, 0.05) is 11.4 Å². The molecule has 1 aliphatic carbocycles. The lowest BCUT2D eigenvalue weighted by Gasteiger charge is -2.20. The Morgan fingerprint density at radius 1 is 0.846 bits per heavy atom. The molecule has 1 aliphatic rings. The van der Waals surface area contributed by atoms with E-state index in [1.165, 1.54) is 29.8 Å². The van der Waals surface area contributed by atoms with Crippen molar-refractivity contribution in [2.75, 3.05) is 10.6 Å². The molecule has 4 nitrogen and oxygen atoms in total. The summed E-state index contributed by atoms with van der Waals surface area (Å²) in [5.74, 6) is -1.03. The number of anilines is 2. The average molecular weight is 354 g/mol. The van der Waals surface area contributed by atoms with Crippen molar-refractivity contribution in [3.8, 4) is 0 Å². The Hall–Kier alpha value is -2.69. The summed E-state index contributed by atoms with van der Waals surface area (Å²) in [6.45, 7) is 6.37. The molecule has 3 rings (SSSR count). The minimum Gasteiger partial charge on any atom is -0.325 e. The van der Waals surface area contributed by atoms with Crippen LogP contribution in [0.5, 0.6) is 0 Å². The van der Waals surface area contributed by atoms with Crippen LogP contribution >= 0.6 is 0 Å². The number of rotatable bonds is 4. The summed E-state index contributed by atoms with van der Waals surface area (Å²) in [5, 5.41) is 5.54. The first-order chi connectivity index (χ1) is 12.2. The molecule has 2 aromatic rings. The standard InChI is InChI=1S/C21H23FN2O2/c1-20(2,3)14-4-8-16(9-5-14)23-18(25)21(12-13-21)19(26)24-17-10-6-15(22)7-11-17/h4-11H,12-13H2,1-3H3,(H,23,25)(H,24,26). The second kappa shape index (κ2) is 6.56. The van der Waals surface area contributed by atoms with Crippen LogP contribution in [0.25, 0.3) is 0 Å². The lowest BCUT2D eigenvalue weighted by molar-refractivity contribution is -0.131. The SMILES string of the molecule is CC(C)(C)c1ccc(NC(=O)C2(C(=O)Nc3ccc(F)cc3)CC2)cc1. The number of benzene rings is 2. The maximum Gasteiger partial charge on any atom is 0.240 e. The van der Waals surface area contributed by atoms with Crippen LogP contribution in [-0.2, 0) is 15.0 Å². The minimum absolute atomic E-state index is 0.0370. The van der Waals surface area contributed by atoms with Crippen molar-refractivity contribution in [2.45, 2.75) is 39.0 Å². The van der Waals surface area contributed by atoms with Gasteiger partial charge in [0.15, 0.2) is 0 Å². The Morgan fingerprint density at radius 2 is 1.27 bits per heavy atom. The van der Waals surface area contributed by atoms with E-state index in [1.54, 1.807) is 0 Å². The number of halogens is 1. The number of carbonyl (C=O) groups is 2. The molecule has 2 N–H and O–H groups in total. The van der Waals surface area contributed by atoms with Crippen LogP contribution in [-0.4, -0.2) is 11.8 Å². The minimum atomic E-state index is -1.04. The van der Waals surface area contributed by atoms with E-state index in [9.17, 15) is 14.0 Å². The van der Waals surface area contributed by atoms with Crippen molar-refractivity contribution >= 4 is 23.2 Å². The summed E-state index contributed by atoms with van der Waals surface area (Å²) in [5.41, 5.74) is 1.31. The van der Waals surface area contributed by atoms with Gasteiger partial charge >= 0.3 is 0 Å². The van der Waals surface area contributed by atoms with Crippen molar-refractivity contribution < 1.29 is 14.0 Å². The van der Waals surface area contributed by atoms with Crippen LogP contribution in [0.3, 0.4) is 0 Å². The number of amides is 2. The zero-order valence-electron chi connectivity index (χ0n) is 15.2. The van der Waals surface area contributed by atoms with Gasteiger partial charge in [0.05, 0.1) is 0 Å². The molecule has 0 saturated heterocycles. The van der Waals surface area contributed by atoms with Crippen molar-refractivity contribution in [3.05, 3.63) is 59.9 Å². The van der Waals surface area contributed by atoms with E-state index in [0.29, 0.717) is 24.2 Å². The summed E-state index contributed by atoms with van der Waals surface area (Å²) in [7, 11) is 0. The van der Waals surface area contributed by atoms with Gasteiger partial charge < -0.3 is 10.6 Å². The molecule has 5 heteroatoms. The van der Waals surface area contributed by atoms with Crippen molar-refractivity contribution in [3.63, 3.8) is 0 Å². The third-order valence-corrected chi connectivity index (χ3v) is 4.73. The highest BCUT2D eigenvalue weighted by atomic mass is 19.1. The van der Waals surface area contributed by atoms with Gasteiger partial charge in [-0.25, -0.2) is 4.39 Å². The molecule has 0 unspecified atom stereocenters. The van der Waals surface area contributed by atoms with Crippen LogP contribution < -0.4 is 10.6 Å². The van der Waals surface area contributed by atoms with Crippen LogP contribution in [0.2, 0.25) is 0 Å². The monoisotopic (exact) mass is 354 g/mol. The number of nitrogens with one attached hydrogen (secondary N) is 2. The third-order valence-electron chi connectivity index (χ3n) is 4.73. The average Bonchev–Trinajstić information content (AvgIpc) is 3.38. The smallest absolute Gasteiger partial charge is 0.240 e. The maximum absolute atomic E-state index is 13.0. The Morgan fingerprint density at radius 3 is 1.65 bits per heavy atom. The molecule has 2 amide bonds. The highest BCUT2D eigenvalue weighted by Crippen LogP contribution is 2.47. The lowest BCUT2D eigenvalue weighted by Crippen LogP contribution is -2.35. The van der Waals surface area contributed by atoms with Crippen molar-refractivity contribution in [1.29, 1.82) is 0 Å². The van der Waals surface area contributed by atoms with Gasteiger partial charge in [-0.15, -0.1) is 0 Å². The highest BCUT2D eigenvalue weighted by Gasteiger charge is 2.56. The zero-order valence-corrected chi connectivity index (χ0v) is 15.2. The second-order valence-corrected chi connectivity index (χ2v) is 7.82. The summed E-state index contributed by atoms with van der Waals surface area (Å²) in [6, 6.07) is 13.2. The summed E-state index contributed by atoms with van der Waals surface area (Å²) < 4.78 is 13.0. The summed E-state index contributed by atoms with van der Waals surface area (Å²) in [6.07, 6.45) is 1.01. The van der Waals surface area contributed by atoms with E-state index in [4.69, 9.17) is 0 Å². The van der Waals surface area contributed by atoms with Gasteiger partial charge in [-0.05, 0) is 60.2 Å². The Labute approximate surface area is 152 Å². The van der Waals surface area contributed by atoms with Gasteiger partial charge in [0.25, 0.3) is 0 Å². The predicted molar refractivity (Wildman–Crippen MR) is 100 cm³/mol. The molecule has 0 bridgehead atoms. The quantitative estimate of drug-likeness (QED) is 0.795. The first-order valence-corrected chi connectivity index (χ1v) is 8.70. The van der Waals surface area contributed by atoms with E-state index < -0.39 is 5.41 Å². The molecular formula is C21H23FN2O2. The Kier molecular flexibility index (Phi) is 4.57. The van der Waals surface area contributed by atoms with E-state index >= 15 is 0 Å². The first-order valence-electron chi connectivity index (χ1n) is 8.70. The molecule has 0 spiro atoms. The fourth-order valence-corrected chi connectivity index (χ4v) is 2.77. The van der Waals surface area contributed by atoms with Crippen LogP contribution in [0.4, 0.5) is 15.8 Å². The molecule has 1 saturated carbocycles. The number of carbonyl (C=O) groups excluding carboxylic acids is 2. The predicted octanol–water partition coefficient (Wildman–Crippen LogP) is 4.48. The molecule has 1 fully saturated rings. The van der Waals surface area contributed by atoms with Gasteiger partial charge in [-0.3, -0.25) is 9.59 Å². The van der Waals surface area contributed by atoms with Crippen molar-refractivity contribution in [1.82, 2.24) is 0 Å². The van der Waals surface area contributed by atoms with Crippen molar-refractivity contribution in [2.24, 2.45) is 5.41 Å². The summed E-state index contributed by atoms with van der Waals surface area (Å²) in [4.78, 5) is 25.2. The number of hydrogen-bond donors (Lipinski definition) is 2.